The third-order valence-corrected chi connectivity index (χ3v) is 5.91. The molecule has 24 heavy (non-hydrogen) atoms. The maximum absolute atomic E-state index is 12.3. The number of rotatable bonds is 5. The summed E-state index contributed by atoms with van der Waals surface area (Å²) in [6, 6.07) is 8.50. The van der Waals surface area contributed by atoms with Crippen LogP contribution in [0, 0.1) is 29.6 Å². The molecule has 3 rings (SSSR count). The molecule has 0 bridgehead atoms. The summed E-state index contributed by atoms with van der Waals surface area (Å²) in [5.41, 5.74) is 2.84. The van der Waals surface area contributed by atoms with Gasteiger partial charge in [-0.15, -0.1) is 0 Å². The first-order valence-corrected chi connectivity index (χ1v) is 8.54. The van der Waals surface area contributed by atoms with Gasteiger partial charge in [0.05, 0.1) is 0 Å². The van der Waals surface area contributed by atoms with Crippen LogP contribution in [0.15, 0.2) is 24.3 Å². The van der Waals surface area contributed by atoms with E-state index in [-0.39, 0.29) is 47.3 Å². The van der Waals surface area contributed by atoms with E-state index in [1.807, 2.05) is 13.8 Å². The Kier molecular flexibility index (Phi) is 6.52. The molecule has 0 saturated heterocycles. The SMILES string of the molecule is CC1C(C)[C@H](C(=O)NCCC2Cc3ccccc3C2)[C@@H]1C(=O)[O-].[Na+]. The molecule has 0 spiro atoms. The Bertz CT molecular complexity index is 593. The third kappa shape index (κ3) is 3.71. The van der Waals surface area contributed by atoms with Gasteiger partial charge in [0.1, 0.15) is 0 Å². The largest absolute Gasteiger partial charge is 1.00 e. The molecular formula is C19H24NNaO3. The molecule has 1 amide bonds. The van der Waals surface area contributed by atoms with Crippen molar-refractivity contribution in [1.82, 2.24) is 5.32 Å². The number of aliphatic carboxylic acids is 1. The second-order valence-electron chi connectivity index (χ2n) is 7.21. The van der Waals surface area contributed by atoms with Gasteiger partial charge in [0.25, 0.3) is 0 Å². The Balaban J connectivity index is 0.00000208. The molecule has 124 valence electrons. The van der Waals surface area contributed by atoms with Crippen LogP contribution in [-0.4, -0.2) is 18.4 Å². The number of nitrogens with one attached hydrogen (secondary N) is 1. The van der Waals surface area contributed by atoms with Gasteiger partial charge < -0.3 is 15.2 Å². The van der Waals surface area contributed by atoms with Crippen LogP contribution in [0.1, 0.15) is 31.4 Å². The summed E-state index contributed by atoms with van der Waals surface area (Å²) in [6.45, 7) is 4.45. The number of amides is 1. The number of hydrogen-bond donors (Lipinski definition) is 1. The van der Waals surface area contributed by atoms with Gasteiger partial charge in [-0.3, -0.25) is 4.79 Å². The van der Waals surface area contributed by atoms with Crippen LogP contribution in [-0.2, 0) is 22.4 Å². The molecule has 0 aromatic heterocycles. The van der Waals surface area contributed by atoms with E-state index in [1.54, 1.807) is 0 Å². The fraction of sp³-hybridized carbons (Fsp3) is 0.579. The second-order valence-corrected chi connectivity index (χ2v) is 7.21. The van der Waals surface area contributed by atoms with E-state index in [2.05, 4.69) is 29.6 Å². The van der Waals surface area contributed by atoms with Crippen LogP contribution in [0.25, 0.3) is 0 Å². The van der Waals surface area contributed by atoms with Crippen LogP contribution < -0.4 is 40.0 Å². The number of carbonyl (C=O) groups is 2. The van der Waals surface area contributed by atoms with Crippen LogP contribution in [0.2, 0.25) is 0 Å². The van der Waals surface area contributed by atoms with Gasteiger partial charge in [-0.25, -0.2) is 0 Å². The Labute approximate surface area is 165 Å². The summed E-state index contributed by atoms with van der Waals surface area (Å²) in [6.07, 6.45) is 3.09. The van der Waals surface area contributed by atoms with Gasteiger partial charge in [-0.2, -0.15) is 0 Å². The van der Waals surface area contributed by atoms with Crippen LogP contribution in [0.4, 0.5) is 0 Å². The zero-order valence-electron chi connectivity index (χ0n) is 14.7. The summed E-state index contributed by atoms with van der Waals surface area (Å²) >= 11 is 0. The molecule has 1 N–H and O–H groups in total. The predicted octanol–water partition coefficient (Wildman–Crippen LogP) is -1.82. The standard InChI is InChI=1S/C19H25NO3.Na/c1-11-12(2)17(19(22)23)16(11)18(21)20-8-7-13-9-14-5-3-4-6-15(14)10-13;/h3-6,11-13,16-17H,7-10H2,1-2H3,(H,20,21)(H,22,23);/q;+1/p-1/t11?,12?,16-,17+;/m0./s1. The van der Waals surface area contributed by atoms with Crippen molar-refractivity contribution in [2.75, 3.05) is 6.54 Å². The molecule has 2 aliphatic carbocycles. The number of hydrogen-bond acceptors (Lipinski definition) is 3. The van der Waals surface area contributed by atoms with Crippen molar-refractivity contribution in [3.05, 3.63) is 35.4 Å². The summed E-state index contributed by atoms with van der Waals surface area (Å²) in [5, 5.41) is 14.1. The first-order valence-electron chi connectivity index (χ1n) is 8.54. The topological polar surface area (TPSA) is 69.2 Å². The minimum absolute atomic E-state index is 0. The molecule has 0 aliphatic heterocycles. The normalized spacial score (nSPS) is 28.4. The smallest absolute Gasteiger partial charge is 0.550 e. The van der Waals surface area contributed by atoms with E-state index >= 15 is 0 Å². The fourth-order valence-electron chi connectivity index (χ4n) is 4.30. The number of carboxylic acids is 1. The first kappa shape index (κ1) is 19.5. The Morgan fingerprint density at radius 1 is 1.08 bits per heavy atom. The summed E-state index contributed by atoms with van der Waals surface area (Å²) in [7, 11) is 0. The fourth-order valence-corrected chi connectivity index (χ4v) is 4.30. The molecule has 2 unspecified atom stereocenters. The van der Waals surface area contributed by atoms with Crippen LogP contribution in [0.5, 0.6) is 0 Å². The minimum atomic E-state index is -1.10. The molecular weight excluding hydrogens is 313 g/mol. The summed E-state index contributed by atoms with van der Waals surface area (Å²) in [4.78, 5) is 23.5. The van der Waals surface area contributed by atoms with Crippen molar-refractivity contribution >= 4 is 11.9 Å². The maximum Gasteiger partial charge on any atom is 1.00 e. The average Bonchev–Trinajstić information content (AvgIpc) is 2.93. The van der Waals surface area contributed by atoms with Crippen molar-refractivity contribution in [3.63, 3.8) is 0 Å². The molecule has 5 heteroatoms. The van der Waals surface area contributed by atoms with E-state index in [0.717, 1.165) is 19.3 Å². The van der Waals surface area contributed by atoms with E-state index in [4.69, 9.17) is 0 Å². The summed E-state index contributed by atoms with van der Waals surface area (Å²) < 4.78 is 0. The van der Waals surface area contributed by atoms with Crippen molar-refractivity contribution in [2.24, 2.45) is 29.6 Å². The van der Waals surface area contributed by atoms with Crippen LogP contribution >= 0.6 is 0 Å². The van der Waals surface area contributed by atoms with E-state index in [0.29, 0.717) is 12.5 Å². The molecule has 1 fully saturated rings. The van der Waals surface area contributed by atoms with Gasteiger partial charge in [0.15, 0.2) is 0 Å². The molecule has 4 nitrogen and oxygen atoms in total. The zero-order chi connectivity index (χ0) is 16.6. The Hall–Kier alpha value is -0.840. The summed E-state index contributed by atoms with van der Waals surface area (Å²) in [5.74, 6) is -1.60. The third-order valence-electron chi connectivity index (χ3n) is 5.91. The van der Waals surface area contributed by atoms with Crippen LogP contribution in [0.3, 0.4) is 0 Å². The van der Waals surface area contributed by atoms with E-state index < -0.39 is 17.8 Å². The quantitative estimate of drug-likeness (QED) is 0.644. The molecule has 1 saturated carbocycles. The molecule has 1 aromatic rings. The average molecular weight is 337 g/mol. The molecule has 2 aliphatic rings. The molecule has 0 heterocycles. The number of carboxylic acid groups (broad SMARTS) is 1. The molecule has 1 aromatic carbocycles. The molecule has 4 atom stereocenters. The van der Waals surface area contributed by atoms with Gasteiger partial charge in [0, 0.05) is 24.3 Å². The number of carbonyl (C=O) groups excluding carboxylic acids is 2. The van der Waals surface area contributed by atoms with Crippen molar-refractivity contribution in [2.45, 2.75) is 33.1 Å². The van der Waals surface area contributed by atoms with E-state index in [9.17, 15) is 14.7 Å². The Morgan fingerprint density at radius 3 is 2.17 bits per heavy atom. The van der Waals surface area contributed by atoms with Gasteiger partial charge in [-0.1, -0.05) is 38.1 Å². The first-order chi connectivity index (χ1) is 11.0. The minimum Gasteiger partial charge on any atom is -0.550 e. The molecule has 0 radical (unpaired) electrons. The van der Waals surface area contributed by atoms with Gasteiger partial charge >= 0.3 is 29.6 Å². The predicted molar refractivity (Wildman–Crippen MR) is 85.3 cm³/mol. The second kappa shape index (κ2) is 8.03. The number of fused-ring (bicyclic) bond motifs is 1. The van der Waals surface area contributed by atoms with Crippen molar-refractivity contribution < 1.29 is 44.3 Å². The monoisotopic (exact) mass is 337 g/mol. The van der Waals surface area contributed by atoms with Gasteiger partial charge in [0.2, 0.25) is 5.91 Å². The maximum atomic E-state index is 12.3. The zero-order valence-corrected chi connectivity index (χ0v) is 16.7. The van der Waals surface area contributed by atoms with Crippen molar-refractivity contribution in [3.8, 4) is 0 Å². The number of benzene rings is 1. The van der Waals surface area contributed by atoms with E-state index in [1.165, 1.54) is 11.1 Å². The Morgan fingerprint density at radius 2 is 1.62 bits per heavy atom. The van der Waals surface area contributed by atoms with Crippen molar-refractivity contribution in [1.29, 1.82) is 0 Å². The van der Waals surface area contributed by atoms with Gasteiger partial charge in [-0.05, 0) is 48.1 Å².